The number of carboxylic acid groups (broad SMARTS) is 1. The molecule has 0 aliphatic carbocycles. The van der Waals surface area contributed by atoms with Crippen LogP contribution in [0.3, 0.4) is 0 Å². The number of phenols is 1. The third-order valence-corrected chi connectivity index (χ3v) is 6.38. The minimum absolute atomic E-state index is 0.000966. The van der Waals surface area contributed by atoms with Crippen LogP contribution in [-0.4, -0.2) is 27.8 Å². The molecule has 0 bridgehead atoms. The van der Waals surface area contributed by atoms with Gasteiger partial charge in [-0.25, -0.2) is 4.79 Å². The van der Waals surface area contributed by atoms with E-state index in [0.717, 1.165) is 0 Å². The Kier molecular flexibility index (Phi) is 6.89. The molecule has 1 heterocycles. The quantitative estimate of drug-likeness (QED) is 0.130. The molecule has 1 aliphatic rings. The number of aromatic hydroxyl groups is 1. The van der Waals surface area contributed by atoms with E-state index in [2.05, 4.69) is 10.5 Å². The summed E-state index contributed by atoms with van der Waals surface area (Å²) in [5, 5.41) is 24.2. The van der Waals surface area contributed by atoms with Crippen LogP contribution in [0.1, 0.15) is 27.0 Å². The molecule has 0 unspecified atom stereocenters. The maximum Gasteiger partial charge on any atom is 0.416 e. The lowest BCUT2D eigenvalue weighted by Gasteiger charge is -2.21. The molecule has 0 aromatic heterocycles. The number of rotatable bonds is 5. The van der Waals surface area contributed by atoms with Gasteiger partial charge in [-0.05, 0) is 48.0 Å². The van der Waals surface area contributed by atoms with Gasteiger partial charge in [0.15, 0.2) is 5.71 Å². The number of fused-ring (bicyclic) bond motifs is 1. The highest BCUT2D eigenvalue weighted by Gasteiger charge is 2.41. The third-order valence-electron chi connectivity index (χ3n) is 6.38. The van der Waals surface area contributed by atoms with E-state index in [1.54, 1.807) is 6.07 Å². The number of carbonyl (C=O) groups is 2. The summed E-state index contributed by atoms with van der Waals surface area (Å²) in [5.41, 5.74) is -0.978. The van der Waals surface area contributed by atoms with Gasteiger partial charge in [-0.3, -0.25) is 15.1 Å². The van der Waals surface area contributed by atoms with Gasteiger partial charge in [0.1, 0.15) is 5.75 Å². The number of hydrogen-bond donors (Lipinski definition) is 3. The summed E-state index contributed by atoms with van der Waals surface area (Å²) in [4.78, 5) is 25.5. The highest BCUT2D eigenvalue weighted by atomic mass is 19.4. The summed E-state index contributed by atoms with van der Waals surface area (Å²) < 4.78 is 81.0. The summed E-state index contributed by atoms with van der Waals surface area (Å²) in [6, 6.07) is 16.8. The number of halogens is 6. The summed E-state index contributed by atoms with van der Waals surface area (Å²) in [5.74, 6) is -2.54. The van der Waals surface area contributed by atoms with Crippen molar-refractivity contribution in [2.45, 2.75) is 12.4 Å². The second kappa shape index (κ2) is 10.3. The molecular formula is C29H17F6N3O4. The van der Waals surface area contributed by atoms with Crippen LogP contribution < -0.4 is 10.3 Å². The van der Waals surface area contributed by atoms with Crippen molar-refractivity contribution in [3.63, 3.8) is 0 Å². The number of hydrogen-bond acceptors (Lipinski definition) is 5. The van der Waals surface area contributed by atoms with Crippen LogP contribution in [-0.2, 0) is 17.1 Å². The van der Waals surface area contributed by atoms with Crippen molar-refractivity contribution in [2.75, 3.05) is 10.3 Å². The lowest BCUT2D eigenvalue weighted by molar-refractivity contribution is -0.143. The van der Waals surface area contributed by atoms with Crippen LogP contribution in [0.5, 0.6) is 5.75 Å². The van der Waals surface area contributed by atoms with Gasteiger partial charge in [-0.1, -0.05) is 42.5 Å². The van der Waals surface area contributed by atoms with E-state index >= 15 is 0 Å². The first-order chi connectivity index (χ1) is 19.8. The van der Waals surface area contributed by atoms with Crippen LogP contribution in [0.2, 0.25) is 0 Å². The zero-order valence-electron chi connectivity index (χ0n) is 21.0. The normalized spacial score (nSPS) is 14.3. The monoisotopic (exact) mass is 585 g/mol. The Labute approximate surface area is 233 Å². The molecule has 214 valence electrons. The van der Waals surface area contributed by atoms with Gasteiger partial charge in [0.05, 0.1) is 33.8 Å². The van der Waals surface area contributed by atoms with Crippen molar-refractivity contribution in [3.05, 3.63) is 107 Å². The van der Waals surface area contributed by atoms with Crippen molar-refractivity contribution >= 4 is 34.7 Å². The van der Waals surface area contributed by atoms with Gasteiger partial charge in [0.2, 0.25) is 0 Å². The maximum atomic E-state index is 13.5. The molecule has 4 aromatic carbocycles. The van der Waals surface area contributed by atoms with Crippen LogP contribution in [0.25, 0.3) is 11.1 Å². The van der Waals surface area contributed by atoms with Crippen molar-refractivity contribution in [1.29, 1.82) is 0 Å². The van der Waals surface area contributed by atoms with Gasteiger partial charge in [-0.2, -0.15) is 31.4 Å². The van der Waals surface area contributed by atoms with Gasteiger partial charge >= 0.3 is 18.3 Å². The Hall–Kier alpha value is -5.33. The Bertz CT molecular complexity index is 1730. The van der Waals surface area contributed by atoms with E-state index in [1.807, 2.05) is 0 Å². The molecule has 0 saturated carbocycles. The molecule has 4 aromatic rings. The number of nitrogens with one attached hydrogen (secondary N) is 1. The fraction of sp³-hybridized carbons (Fsp3) is 0.0690. The summed E-state index contributed by atoms with van der Waals surface area (Å²) in [6.45, 7) is 0. The Balaban J connectivity index is 1.55. The van der Waals surface area contributed by atoms with Crippen molar-refractivity contribution in [3.8, 4) is 16.9 Å². The van der Waals surface area contributed by atoms with Crippen LogP contribution >= 0.6 is 0 Å². The first-order valence-corrected chi connectivity index (χ1v) is 12.0. The van der Waals surface area contributed by atoms with E-state index in [1.165, 1.54) is 60.7 Å². The molecule has 1 amide bonds. The molecule has 7 nitrogen and oxygen atoms in total. The number of phenolic OH excluding ortho intramolecular Hbond substituents is 1. The van der Waals surface area contributed by atoms with Crippen molar-refractivity contribution < 1.29 is 46.1 Å². The Morgan fingerprint density at radius 1 is 0.786 bits per heavy atom. The van der Waals surface area contributed by atoms with Gasteiger partial charge in [0.25, 0.3) is 5.91 Å². The molecule has 13 heteroatoms. The zero-order chi connectivity index (χ0) is 30.4. The van der Waals surface area contributed by atoms with E-state index in [4.69, 9.17) is 0 Å². The molecule has 0 radical (unpaired) electrons. The maximum absolute atomic E-state index is 13.5. The van der Waals surface area contributed by atoms with Crippen LogP contribution in [0.4, 0.5) is 43.4 Å². The number of amides is 1. The van der Waals surface area contributed by atoms with E-state index in [0.29, 0.717) is 22.6 Å². The predicted octanol–water partition coefficient (Wildman–Crippen LogP) is 7.29. The smallest absolute Gasteiger partial charge is 0.416 e. The second-order valence-corrected chi connectivity index (χ2v) is 9.08. The summed E-state index contributed by atoms with van der Waals surface area (Å²) >= 11 is 0. The average Bonchev–Trinajstić information content (AvgIpc) is 3.22. The largest absolute Gasteiger partial charge is 0.505 e. The topological polar surface area (TPSA) is 102 Å². The van der Waals surface area contributed by atoms with Gasteiger partial charge in [-0.15, -0.1) is 0 Å². The number of aromatic carboxylic acids is 1. The molecule has 1 aliphatic heterocycles. The molecule has 0 spiro atoms. The molecule has 3 N–H and O–H groups in total. The first kappa shape index (κ1) is 28.2. The van der Waals surface area contributed by atoms with E-state index in [9.17, 15) is 46.1 Å². The third kappa shape index (κ3) is 5.23. The zero-order valence-corrected chi connectivity index (χ0v) is 21.0. The average molecular weight is 585 g/mol. The molecular weight excluding hydrogens is 568 g/mol. The predicted molar refractivity (Wildman–Crippen MR) is 141 cm³/mol. The lowest BCUT2D eigenvalue weighted by atomic mass is 10.0. The minimum Gasteiger partial charge on any atom is -0.505 e. The number of para-hydroxylation sites is 2. The van der Waals surface area contributed by atoms with E-state index < -0.39 is 41.0 Å². The SMILES string of the molecule is O=C(O)c1cccc(-c2cccc(NN=C3C(=O)N(c4cc(C(F)(F)F)cc(C(F)(F)F)c4)c4ccccc43)c2O)c1. The molecule has 5 rings (SSSR count). The Morgan fingerprint density at radius 2 is 1.40 bits per heavy atom. The molecule has 42 heavy (non-hydrogen) atoms. The number of carbonyl (C=O) groups excluding carboxylic acids is 1. The van der Waals surface area contributed by atoms with Gasteiger partial charge in [0, 0.05) is 11.1 Å². The van der Waals surface area contributed by atoms with Crippen LogP contribution in [0, 0.1) is 0 Å². The molecule has 0 fully saturated rings. The standard InChI is InChI=1S/C29H17F6N3O4/c30-28(31,32)17-12-18(29(33,34)35)14-19(13-17)38-23-10-2-1-7-21(23)24(26(38)40)37-36-22-9-4-8-20(25(22)39)15-5-3-6-16(11-15)27(41)42/h1-14,36,39H,(H,41,42). The second-order valence-electron chi connectivity index (χ2n) is 9.08. The first-order valence-electron chi connectivity index (χ1n) is 12.0. The highest BCUT2D eigenvalue weighted by Crippen LogP contribution is 2.43. The highest BCUT2D eigenvalue weighted by molar-refractivity contribution is 6.55. The Morgan fingerprint density at radius 3 is 2.05 bits per heavy atom. The number of alkyl halides is 6. The van der Waals surface area contributed by atoms with Gasteiger partial charge < -0.3 is 10.2 Å². The van der Waals surface area contributed by atoms with Crippen molar-refractivity contribution in [1.82, 2.24) is 0 Å². The number of nitrogens with zero attached hydrogens (tertiary/aromatic N) is 2. The molecule has 0 saturated heterocycles. The van der Waals surface area contributed by atoms with Crippen molar-refractivity contribution in [2.24, 2.45) is 5.10 Å². The summed E-state index contributed by atoms with van der Waals surface area (Å²) in [6.07, 6.45) is -10.2. The number of anilines is 3. The van der Waals surface area contributed by atoms with Crippen LogP contribution in [0.15, 0.2) is 90.0 Å². The fourth-order valence-corrected chi connectivity index (χ4v) is 4.43. The number of benzene rings is 4. The fourth-order valence-electron chi connectivity index (χ4n) is 4.43. The van der Waals surface area contributed by atoms with E-state index in [-0.39, 0.29) is 45.6 Å². The summed E-state index contributed by atoms with van der Waals surface area (Å²) in [7, 11) is 0. The molecule has 0 atom stereocenters. The minimum atomic E-state index is -5.12. The number of carboxylic acids is 1. The lowest BCUT2D eigenvalue weighted by Crippen LogP contribution is -2.27. The number of hydrazone groups is 1.